The first-order valence-corrected chi connectivity index (χ1v) is 9.62. The fourth-order valence-electron chi connectivity index (χ4n) is 4.33. The lowest BCUT2D eigenvalue weighted by atomic mass is 9.95. The van der Waals surface area contributed by atoms with Crippen LogP contribution in [0.5, 0.6) is 5.75 Å². The monoisotopic (exact) mass is 358 g/mol. The van der Waals surface area contributed by atoms with Gasteiger partial charge in [0, 0.05) is 34.7 Å². The second-order valence-corrected chi connectivity index (χ2v) is 7.54. The summed E-state index contributed by atoms with van der Waals surface area (Å²) in [5.41, 5.74) is 3.40. The number of phenolic OH excluding ortho intramolecular Hbond substituents is 1. The lowest BCUT2D eigenvalue weighted by Gasteiger charge is -2.26. The van der Waals surface area contributed by atoms with Crippen molar-refractivity contribution in [1.82, 2.24) is 9.47 Å². The van der Waals surface area contributed by atoms with Crippen LogP contribution >= 0.6 is 0 Å². The molecule has 0 aliphatic heterocycles. The van der Waals surface area contributed by atoms with Crippen molar-refractivity contribution in [2.24, 2.45) is 0 Å². The van der Waals surface area contributed by atoms with Crippen molar-refractivity contribution in [2.45, 2.75) is 58.5 Å². The number of hydrogen-bond donors (Lipinski definition) is 1. The Morgan fingerprint density at radius 2 is 1.96 bits per heavy atom. The van der Waals surface area contributed by atoms with E-state index >= 15 is 0 Å². The molecule has 0 atom stereocenters. The van der Waals surface area contributed by atoms with Crippen molar-refractivity contribution in [3.05, 3.63) is 29.0 Å². The molecule has 2 aromatic rings. The van der Waals surface area contributed by atoms with Crippen LogP contribution in [0.2, 0.25) is 0 Å². The molecule has 1 aliphatic carbocycles. The Bertz CT molecular complexity index is 801. The molecule has 1 aromatic heterocycles. The molecule has 1 aromatic carbocycles. The average molecular weight is 358 g/mol. The van der Waals surface area contributed by atoms with Crippen LogP contribution in [0.3, 0.4) is 0 Å². The number of rotatable bonds is 5. The lowest BCUT2D eigenvalue weighted by Crippen LogP contribution is -2.15. The van der Waals surface area contributed by atoms with Gasteiger partial charge >= 0.3 is 5.97 Å². The predicted octanol–water partition coefficient (Wildman–Crippen LogP) is 4.40. The molecule has 1 saturated carbocycles. The van der Waals surface area contributed by atoms with E-state index in [1.807, 2.05) is 38.9 Å². The van der Waals surface area contributed by atoms with E-state index in [9.17, 15) is 9.90 Å². The molecule has 1 aliphatic rings. The van der Waals surface area contributed by atoms with Crippen LogP contribution in [0.4, 0.5) is 0 Å². The third kappa shape index (κ3) is 3.32. The van der Waals surface area contributed by atoms with E-state index in [0.29, 0.717) is 24.8 Å². The van der Waals surface area contributed by atoms with E-state index in [-0.39, 0.29) is 11.7 Å². The number of carbonyl (C=O) groups is 1. The summed E-state index contributed by atoms with van der Waals surface area (Å²) in [5.74, 6) is -0.0623. The molecule has 0 saturated heterocycles. The number of hydrogen-bond acceptors (Lipinski definition) is 4. The molecule has 0 radical (unpaired) electrons. The molecular weight excluding hydrogens is 328 g/mol. The minimum Gasteiger partial charge on any atom is -0.508 e. The number of nitrogens with zero attached hydrogens (tertiary/aromatic N) is 2. The van der Waals surface area contributed by atoms with Crippen molar-refractivity contribution in [3.63, 3.8) is 0 Å². The summed E-state index contributed by atoms with van der Waals surface area (Å²) in [7, 11) is 3.93. The average Bonchev–Trinajstić information content (AvgIpc) is 2.90. The zero-order valence-electron chi connectivity index (χ0n) is 16.3. The number of fused-ring (bicyclic) bond motifs is 1. The highest BCUT2D eigenvalue weighted by Gasteiger charge is 2.28. The molecule has 0 spiro atoms. The molecule has 142 valence electrons. The quantitative estimate of drug-likeness (QED) is 0.805. The summed E-state index contributed by atoms with van der Waals surface area (Å²) < 4.78 is 7.69. The first-order chi connectivity index (χ1) is 12.5. The summed E-state index contributed by atoms with van der Waals surface area (Å²) >= 11 is 0. The van der Waals surface area contributed by atoms with Crippen LogP contribution in [0.1, 0.15) is 66.7 Å². The smallest absolute Gasteiger partial charge is 0.340 e. The molecule has 5 heteroatoms. The highest BCUT2D eigenvalue weighted by atomic mass is 16.5. The van der Waals surface area contributed by atoms with E-state index in [1.54, 1.807) is 6.07 Å². The molecule has 26 heavy (non-hydrogen) atoms. The lowest BCUT2D eigenvalue weighted by molar-refractivity contribution is 0.0527. The van der Waals surface area contributed by atoms with Crippen LogP contribution in [-0.4, -0.2) is 41.2 Å². The molecule has 1 heterocycles. The summed E-state index contributed by atoms with van der Waals surface area (Å²) in [6.07, 6.45) is 6.00. The van der Waals surface area contributed by atoms with Gasteiger partial charge in [-0.25, -0.2) is 4.79 Å². The number of ether oxygens (including phenoxy) is 1. The fourth-order valence-corrected chi connectivity index (χ4v) is 4.33. The maximum absolute atomic E-state index is 12.8. The Labute approximate surface area is 155 Å². The molecule has 0 amide bonds. The summed E-state index contributed by atoms with van der Waals surface area (Å²) in [6.45, 7) is 4.75. The number of carbonyl (C=O) groups excluding carboxylic acids is 1. The van der Waals surface area contributed by atoms with Gasteiger partial charge in [-0.2, -0.15) is 0 Å². The number of aromatic hydroxyl groups is 1. The Morgan fingerprint density at radius 1 is 1.27 bits per heavy atom. The van der Waals surface area contributed by atoms with Gasteiger partial charge in [-0.1, -0.05) is 19.3 Å². The van der Waals surface area contributed by atoms with Crippen molar-refractivity contribution in [1.29, 1.82) is 0 Å². The molecule has 0 unspecified atom stereocenters. The first kappa shape index (κ1) is 18.8. The van der Waals surface area contributed by atoms with Gasteiger partial charge in [0.25, 0.3) is 0 Å². The van der Waals surface area contributed by atoms with Gasteiger partial charge < -0.3 is 19.3 Å². The second-order valence-electron chi connectivity index (χ2n) is 7.54. The van der Waals surface area contributed by atoms with E-state index in [4.69, 9.17) is 4.74 Å². The van der Waals surface area contributed by atoms with E-state index in [0.717, 1.165) is 35.0 Å². The fraction of sp³-hybridized carbons (Fsp3) is 0.571. The minimum atomic E-state index is -0.296. The number of phenols is 1. The summed E-state index contributed by atoms with van der Waals surface area (Å²) in [5, 5.41) is 11.4. The molecule has 1 fully saturated rings. The second kappa shape index (κ2) is 7.70. The van der Waals surface area contributed by atoms with E-state index < -0.39 is 0 Å². The molecule has 0 bridgehead atoms. The highest BCUT2D eigenvalue weighted by molar-refractivity contribution is 6.08. The molecule has 1 N–H and O–H groups in total. The maximum atomic E-state index is 12.8. The molecule has 3 rings (SSSR count). The number of aromatic nitrogens is 1. The van der Waals surface area contributed by atoms with Gasteiger partial charge in [-0.05, 0) is 52.9 Å². The normalized spacial score (nSPS) is 15.7. The number of esters is 1. The van der Waals surface area contributed by atoms with E-state index in [1.165, 1.54) is 19.3 Å². The van der Waals surface area contributed by atoms with Gasteiger partial charge in [0.15, 0.2) is 0 Å². The largest absolute Gasteiger partial charge is 0.508 e. The van der Waals surface area contributed by atoms with Gasteiger partial charge in [0.2, 0.25) is 0 Å². The SMILES string of the molecule is CCOC(=O)c1c(C)n(C2CCCCC2)c2ccc(O)c(CN(C)C)c12. The first-order valence-electron chi connectivity index (χ1n) is 9.62. The van der Waals surface area contributed by atoms with E-state index in [2.05, 4.69) is 4.57 Å². The Kier molecular flexibility index (Phi) is 5.56. The standard InChI is InChI=1S/C21H30N2O3/c1-5-26-21(25)19-14(2)23(15-9-7-6-8-10-15)17-11-12-18(24)16(20(17)19)13-22(3)4/h11-12,15,24H,5-10,13H2,1-4H3. The Balaban J connectivity index is 2.28. The maximum Gasteiger partial charge on any atom is 0.340 e. The minimum absolute atomic E-state index is 0.234. The summed E-state index contributed by atoms with van der Waals surface area (Å²) in [6, 6.07) is 4.12. The van der Waals surface area contributed by atoms with Crippen molar-refractivity contribution in [2.75, 3.05) is 20.7 Å². The van der Waals surface area contributed by atoms with Crippen LogP contribution in [-0.2, 0) is 11.3 Å². The zero-order chi connectivity index (χ0) is 18.8. The zero-order valence-corrected chi connectivity index (χ0v) is 16.3. The summed E-state index contributed by atoms with van der Waals surface area (Å²) in [4.78, 5) is 14.8. The van der Waals surface area contributed by atoms with Gasteiger partial charge in [-0.15, -0.1) is 0 Å². The predicted molar refractivity (Wildman–Crippen MR) is 104 cm³/mol. The molecule has 5 nitrogen and oxygen atoms in total. The highest BCUT2D eigenvalue weighted by Crippen LogP contribution is 2.40. The van der Waals surface area contributed by atoms with Crippen LogP contribution in [0.15, 0.2) is 12.1 Å². The molecular formula is C21H30N2O3. The Morgan fingerprint density at radius 3 is 2.58 bits per heavy atom. The van der Waals surface area contributed by atoms with Crippen LogP contribution in [0.25, 0.3) is 10.9 Å². The van der Waals surface area contributed by atoms with Gasteiger partial charge in [0.1, 0.15) is 5.75 Å². The van der Waals surface area contributed by atoms with Crippen molar-refractivity contribution < 1.29 is 14.6 Å². The van der Waals surface area contributed by atoms with Crippen LogP contribution in [0, 0.1) is 6.92 Å². The third-order valence-corrected chi connectivity index (χ3v) is 5.39. The third-order valence-electron chi connectivity index (χ3n) is 5.39. The number of benzene rings is 1. The Hall–Kier alpha value is -2.01. The van der Waals surface area contributed by atoms with Gasteiger partial charge in [-0.3, -0.25) is 0 Å². The van der Waals surface area contributed by atoms with Gasteiger partial charge in [0.05, 0.1) is 12.2 Å². The topological polar surface area (TPSA) is 54.7 Å². The van der Waals surface area contributed by atoms with Crippen molar-refractivity contribution >= 4 is 16.9 Å². The van der Waals surface area contributed by atoms with Crippen molar-refractivity contribution in [3.8, 4) is 5.75 Å². The van der Waals surface area contributed by atoms with Crippen LogP contribution < -0.4 is 0 Å².